The molecule has 2 aliphatic rings. The van der Waals surface area contributed by atoms with E-state index in [9.17, 15) is 14.5 Å². The zero-order valence-electron chi connectivity index (χ0n) is 9.80. The second-order valence-electron chi connectivity index (χ2n) is 4.86. The fourth-order valence-corrected chi connectivity index (χ4v) is 3.03. The summed E-state index contributed by atoms with van der Waals surface area (Å²) in [6.45, 7) is 2.62. The van der Waals surface area contributed by atoms with Gasteiger partial charge in [0.2, 0.25) is 0 Å². The van der Waals surface area contributed by atoms with Crippen molar-refractivity contribution in [2.24, 2.45) is 5.92 Å². The Morgan fingerprint density at radius 3 is 3.06 bits per heavy atom. The second-order valence-corrected chi connectivity index (χ2v) is 4.86. The number of nitro groups is 1. The number of fused-ring (bicyclic) bond motifs is 1. The molecule has 3 rings (SSSR count). The zero-order chi connectivity index (χ0) is 12.7. The summed E-state index contributed by atoms with van der Waals surface area (Å²) in [5, 5.41) is 14.3. The maximum absolute atomic E-state index is 13.1. The summed E-state index contributed by atoms with van der Waals surface area (Å²) in [7, 11) is 0. The van der Waals surface area contributed by atoms with E-state index >= 15 is 0 Å². The van der Waals surface area contributed by atoms with Gasteiger partial charge in [-0.3, -0.25) is 10.1 Å². The Kier molecular flexibility index (Phi) is 2.66. The number of hydrogen-bond donors (Lipinski definition) is 1. The molecule has 0 aromatic heterocycles. The molecule has 0 amide bonds. The first kappa shape index (κ1) is 11.4. The number of nitrogens with one attached hydrogen (secondary N) is 1. The number of benzene rings is 1. The smallest absolute Gasteiger partial charge is 0.295 e. The number of hydrogen-bond acceptors (Lipinski definition) is 4. The van der Waals surface area contributed by atoms with Crippen LogP contribution in [0.2, 0.25) is 0 Å². The molecule has 0 radical (unpaired) electrons. The summed E-state index contributed by atoms with van der Waals surface area (Å²) >= 11 is 0. The van der Waals surface area contributed by atoms with Gasteiger partial charge in [0.15, 0.2) is 0 Å². The molecule has 2 fully saturated rings. The van der Waals surface area contributed by atoms with Crippen LogP contribution in [0.4, 0.5) is 15.8 Å². The minimum Gasteiger partial charge on any atom is -0.361 e. The lowest BCUT2D eigenvalue weighted by Crippen LogP contribution is -2.34. The highest BCUT2D eigenvalue weighted by atomic mass is 19.1. The van der Waals surface area contributed by atoms with Crippen LogP contribution in [0.15, 0.2) is 18.2 Å². The van der Waals surface area contributed by atoms with Gasteiger partial charge in [-0.05, 0) is 24.5 Å². The SMILES string of the molecule is O=[N+]([O-])c1cc(F)ccc1N1CC[C@@H]2CNC[C@@H]21. The van der Waals surface area contributed by atoms with Gasteiger partial charge in [-0.1, -0.05) is 0 Å². The van der Waals surface area contributed by atoms with Crippen molar-refractivity contribution in [2.75, 3.05) is 24.5 Å². The lowest BCUT2D eigenvalue weighted by molar-refractivity contribution is -0.384. The minimum absolute atomic E-state index is 0.137. The van der Waals surface area contributed by atoms with E-state index in [1.165, 1.54) is 12.1 Å². The van der Waals surface area contributed by atoms with Crippen LogP contribution >= 0.6 is 0 Å². The third kappa shape index (κ3) is 1.73. The minimum atomic E-state index is -0.564. The highest BCUT2D eigenvalue weighted by molar-refractivity contribution is 5.64. The summed E-state index contributed by atoms with van der Waals surface area (Å²) in [6.07, 6.45) is 1.03. The van der Waals surface area contributed by atoms with Crippen molar-refractivity contribution in [2.45, 2.75) is 12.5 Å². The van der Waals surface area contributed by atoms with Crippen LogP contribution in [0.25, 0.3) is 0 Å². The van der Waals surface area contributed by atoms with Crippen molar-refractivity contribution in [1.29, 1.82) is 0 Å². The van der Waals surface area contributed by atoms with Gasteiger partial charge in [0.05, 0.1) is 11.0 Å². The van der Waals surface area contributed by atoms with E-state index in [1.807, 2.05) is 4.90 Å². The number of anilines is 1. The summed E-state index contributed by atoms with van der Waals surface area (Å²) in [6, 6.07) is 4.12. The monoisotopic (exact) mass is 251 g/mol. The van der Waals surface area contributed by atoms with Crippen molar-refractivity contribution in [3.05, 3.63) is 34.1 Å². The zero-order valence-corrected chi connectivity index (χ0v) is 9.80. The topological polar surface area (TPSA) is 58.4 Å². The fourth-order valence-electron chi connectivity index (χ4n) is 3.03. The molecule has 0 aliphatic carbocycles. The standard InChI is InChI=1S/C12H14FN3O2/c13-9-1-2-10(11(5-9)16(17)18)15-4-3-8-6-14-7-12(8)15/h1-2,5,8,12,14H,3-4,6-7H2/t8-,12+/m1/s1. The van der Waals surface area contributed by atoms with Crippen LogP contribution in [0.1, 0.15) is 6.42 Å². The molecule has 0 unspecified atom stereocenters. The Bertz CT molecular complexity index is 494. The number of halogens is 1. The summed E-state index contributed by atoms with van der Waals surface area (Å²) in [4.78, 5) is 12.6. The van der Waals surface area contributed by atoms with Gasteiger partial charge in [-0.25, -0.2) is 4.39 Å². The first-order valence-corrected chi connectivity index (χ1v) is 6.08. The molecule has 5 nitrogen and oxygen atoms in total. The average Bonchev–Trinajstić information content (AvgIpc) is 2.91. The van der Waals surface area contributed by atoms with E-state index in [-0.39, 0.29) is 5.69 Å². The van der Waals surface area contributed by atoms with Gasteiger partial charge in [0.25, 0.3) is 5.69 Å². The lowest BCUT2D eigenvalue weighted by Gasteiger charge is -2.25. The molecule has 18 heavy (non-hydrogen) atoms. The van der Waals surface area contributed by atoms with Crippen LogP contribution in [0, 0.1) is 21.8 Å². The van der Waals surface area contributed by atoms with Gasteiger partial charge < -0.3 is 10.2 Å². The fraction of sp³-hybridized carbons (Fsp3) is 0.500. The van der Waals surface area contributed by atoms with E-state index < -0.39 is 10.7 Å². The van der Waals surface area contributed by atoms with Crippen molar-refractivity contribution >= 4 is 11.4 Å². The predicted molar refractivity (Wildman–Crippen MR) is 65.2 cm³/mol. The van der Waals surface area contributed by atoms with E-state index in [0.29, 0.717) is 17.6 Å². The van der Waals surface area contributed by atoms with Crippen LogP contribution in [0.5, 0.6) is 0 Å². The first-order chi connectivity index (χ1) is 8.66. The molecule has 2 aliphatic heterocycles. The maximum Gasteiger partial charge on any atom is 0.295 e. The number of nitrogens with zero attached hydrogens (tertiary/aromatic N) is 2. The van der Waals surface area contributed by atoms with Crippen molar-refractivity contribution in [3.63, 3.8) is 0 Å². The van der Waals surface area contributed by atoms with Gasteiger partial charge in [-0.2, -0.15) is 0 Å². The van der Waals surface area contributed by atoms with Crippen molar-refractivity contribution in [1.82, 2.24) is 5.32 Å². The van der Waals surface area contributed by atoms with Gasteiger partial charge in [0.1, 0.15) is 11.5 Å². The quantitative estimate of drug-likeness (QED) is 0.639. The molecule has 0 saturated carbocycles. The first-order valence-electron chi connectivity index (χ1n) is 6.08. The average molecular weight is 251 g/mol. The summed E-state index contributed by atoms with van der Waals surface area (Å²) in [5.41, 5.74) is 0.403. The van der Waals surface area contributed by atoms with Gasteiger partial charge in [-0.15, -0.1) is 0 Å². The Balaban J connectivity index is 1.99. The summed E-state index contributed by atoms with van der Waals surface area (Å²) in [5.74, 6) is -0.0135. The Labute approximate surface area is 104 Å². The van der Waals surface area contributed by atoms with E-state index in [0.717, 1.165) is 32.1 Å². The van der Waals surface area contributed by atoms with Crippen molar-refractivity contribution in [3.8, 4) is 0 Å². The van der Waals surface area contributed by atoms with Gasteiger partial charge in [0, 0.05) is 25.7 Å². The van der Waals surface area contributed by atoms with E-state index in [4.69, 9.17) is 0 Å². The molecule has 2 saturated heterocycles. The second kappa shape index (κ2) is 4.20. The molecule has 6 heteroatoms. The Morgan fingerprint density at radius 2 is 2.28 bits per heavy atom. The third-order valence-electron chi connectivity index (χ3n) is 3.89. The number of nitro benzene ring substituents is 1. The van der Waals surface area contributed by atoms with Crippen LogP contribution in [-0.4, -0.2) is 30.6 Å². The molecular weight excluding hydrogens is 237 g/mol. The Hall–Kier alpha value is -1.69. The normalized spacial score (nSPS) is 26.4. The largest absolute Gasteiger partial charge is 0.361 e. The highest BCUT2D eigenvalue weighted by Crippen LogP contribution is 2.37. The third-order valence-corrected chi connectivity index (χ3v) is 3.89. The molecule has 0 spiro atoms. The molecule has 1 aromatic carbocycles. The van der Waals surface area contributed by atoms with Crippen LogP contribution in [-0.2, 0) is 0 Å². The predicted octanol–water partition coefficient (Wildman–Crippen LogP) is 1.53. The summed E-state index contributed by atoms with van der Waals surface area (Å²) < 4.78 is 13.1. The molecule has 96 valence electrons. The lowest BCUT2D eigenvalue weighted by atomic mass is 10.0. The van der Waals surface area contributed by atoms with Crippen LogP contribution < -0.4 is 10.2 Å². The Morgan fingerprint density at radius 1 is 1.44 bits per heavy atom. The molecular formula is C12H14FN3O2. The maximum atomic E-state index is 13.1. The molecule has 1 aromatic rings. The molecule has 2 atom stereocenters. The number of rotatable bonds is 2. The molecule has 1 N–H and O–H groups in total. The van der Waals surface area contributed by atoms with Gasteiger partial charge >= 0.3 is 0 Å². The molecule has 2 heterocycles. The highest BCUT2D eigenvalue weighted by Gasteiger charge is 2.39. The van der Waals surface area contributed by atoms with E-state index in [1.54, 1.807) is 0 Å². The van der Waals surface area contributed by atoms with E-state index in [2.05, 4.69) is 5.32 Å². The molecule has 0 bridgehead atoms. The van der Waals surface area contributed by atoms with Crippen LogP contribution in [0.3, 0.4) is 0 Å². The van der Waals surface area contributed by atoms with Crippen molar-refractivity contribution < 1.29 is 9.31 Å².